The van der Waals surface area contributed by atoms with E-state index in [1.54, 1.807) is 23.9 Å². The van der Waals surface area contributed by atoms with Gasteiger partial charge in [0, 0.05) is 27.5 Å². The molecule has 4 nitrogen and oxygen atoms in total. The summed E-state index contributed by atoms with van der Waals surface area (Å²) >= 11 is 1.60. The number of pyridine rings is 1. The van der Waals surface area contributed by atoms with Crippen LogP contribution in [0.2, 0.25) is 0 Å². The minimum Gasteiger partial charge on any atom is -0.352 e. The van der Waals surface area contributed by atoms with Gasteiger partial charge >= 0.3 is 0 Å². The summed E-state index contributed by atoms with van der Waals surface area (Å²) < 4.78 is 13.4. The van der Waals surface area contributed by atoms with E-state index in [4.69, 9.17) is 4.99 Å². The van der Waals surface area contributed by atoms with Gasteiger partial charge in [-0.05, 0) is 42.8 Å². The molecule has 0 radical (unpaired) electrons. The second-order valence-electron chi connectivity index (χ2n) is 6.71. The van der Waals surface area contributed by atoms with E-state index in [1.807, 2.05) is 36.4 Å². The molecule has 0 saturated carbocycles. The molecule has 1 aromatic heterocycles. The Morgan fingerprint density at radius 1 is 1.10 bits per heavy atom. The van der Waals surface area contributed by atoms with Gasteiger partial charge in [0.25, 0.3) is 5.91 Å². The van der Waals surface area contributed by atoms with Crippen LogP contribution < -0.4 is 5.32 Å². The third kappa shape index (κ3) is 4.22. The quantitative estimate of drug-likeness (QED) is 0.453. The molecule has 1 aliphatic heterocycles. The molecule has 1 N–H and O–H groups in total. The van der Waals surface area contributed by atoms with Crippen molar-refractivity contribution >= 4 is 29.1 Å². The summed E-state index contributed by atoms with van der Waals surface area (Å²) in [7, 11) is 0. The number of nitrogens with one attached hydrogen (secondary N) is 1. The zero-order valence-electron chi connectivity index (χ0n) is 16.0. The summed E-state index contributed by atoms with van der Waals surface area (Å²) in [6.45, 7) is 2.74. The van der Waals surface area contributed by atoms with Gasteiger partial charge < -0.3 is 5.32 Å². The molecule has 1 amide bonds. The normalized spacial score (nSPS) is 12.4. The maximum absolute atomic E-state index is 13.4. The van der Waals surface area contributed by atoms with Crippen molar-refractivity contribution in [1.29, 1.82) is 0 Å². The van der Waals surface area contributed by atoms with E-state index in [2.05, 4.69) is 17.2 Å². The lowest BCUT2D eigenvalue weighted by Crippen LogP contribution is -2.24. The van der Waals surface area contributed by atoms with Crippen LogP contribution in [0.1, 0.15) is 41.4 Å². The highest BCUT2D eigenvalue weighted by Crippen LogP contribution is 2.41. The van der Waals surface area contributed by atoms with E-state index < -0.39 is 5.82 Å². The fraction of sp³-hybridized carbons (Fsp3) is 0.174. The van der Waals surface area contributed by atoms with Crippen LogP contribution in [0.4, 0.5) is 10.1 Å². The molecular formula is C23H20FN3OS. The van der Waals surface area contributed by atoms with Gasteiger partial charge in [0.05, 0.1) is 23.3 Å². The number of amides is 1. The standard InChI is InChI=1S/C23H20FN3OS/c1-2-3-12-25-23(28)15-8-11-21-19(13-15)27-22(18-10-9-16(24)14-26-18)17-6-4-5-7-20(17)29-21/h4-11,13-14H,2-3,12H2,1H3,(H,25,28). The van der Waals surface area contributed by atoms with Crippen molar-refractivity contribution in [1.82, 2.24) is 10.3 Å². The number of benzene rings is 2. The van der Waals surface area contributed by atoms with E-state index in [-0.39, 0.29) is 5.91 Å². The molecule has 146 valence electrons. The topological polar surface area (TPSA) is 54.4 Å². The molecule has 4 rings (SSSR count). The van der Waals surface area contributed by atoms with Gasteiger partial charge in [0.15, 0.2) is 0 Å². The lowest BCUT2D eigenvalue weighted by atomic mass is 10.1. The number of rotatable bonds is 5. The molecule has 0 aliphatic carbocycles. The molecule has 0 atom stereocenters. The van der Waals surface area contributed by atoms with Crippen LogP contribution in [-0.2, 0) is 0 Å². The average molecular weight is 405 g/mol. The number of hydrogen-bond acceptors (Lipinski definition) is 4. The Morgan fingerprint density at radius 2 is 1.97 bits per heavy atom. The molecule has 3 aromatic rings. The molecule has 0 unspecified atom stereocenters. The Labute approximate surface area is 173 Å². The summed E-state index contributed by atoms with van der Waals surface area (Å²) in [4.78, 5) is 23.6. The van der Waals surface area contributed by atoms with E-state index in [0.29, 0.717) is 29.2 Å². The van der Waals surface area contributed by atoms with Gasteiger partial charge in [0.2, 0.25) is 0 Å². The van der Waals surface area contributed by atoms with E-state index >= 15 is 0 Å². The minimum atomic E-state index is -0.392. The van der Waals surface area contributed by atoms with E-state index in [0.717, 1.165) is 28.2 Å². The van der Waals surface area contributed by atoms with Crippen LogP contribution in [0.3, 0.4) is 0 Å². The number of nitrogens with zero attached hydrogens (tertiary/aromatic N) is 2. The van der Waals surface area contributed by atoms with Crippen molar-refractivity contribution in [3.63, 3.8) is 0 Å². The average Bonchev–Trinajstić information content (AvgIpc) is 2.90. The fourth-order valence-corrected chi connectivity index (χ4v) is 4.08. The zero-order chi connectivity index (χ0) is 20.2. The van der Waals surface area contributed by atoms with Gasteiger partial charge in [-0.15, -0.1) is 0 Å². The second-order valence-corrected chi connectivity index (χ2v) is 7.80. The molecule has 0 saturated heterocycles. The Kier molecular flexibility index (Phi) is 5.71. The maximum atomic E-state index is 13.4. The van der Waals surface area contributed by atoms with Crippen LogP contribution >= 0.6 is 11.8 Å². The van der Waals surface area contributed by atoms with Crippen LogP contribution in [0.15, 0.2) is 75.6 Å². The molecule has 2 heterocycles. The Morgan fingerprint density at radius 3 is 2.76 bits per heavy atom. The van der Waals surface area contributed by atoms with Crippen LogP contribution in [0.5, 0.6) is 0 Å². The number of fused-ring (bicyclic) bond motifs is 2. The lowest BCUT2D eigenvalue weighted by molar-refractivity contribution is 0.0953. The predicted molar refractivity (Wildman–Crippen MR) is 114 cm³/mol. The molecule has 2 aromatic carbocycles. The SMILES string of the molecule is CCCCNC(=O)c1ccc2c(c1)N=C(c1ccc(F)cn1)c1ccccc1S2. The maximum Gasteiger partial charge on any atom is 0.251 e. The Balaban J connectivity index is 1.78. The largest absolute Gasteiger partial charge is 0.352 e. The third-order valence-corrected chi connectivity index (χ3v) is 5.74. The summed E-state index contributed by atoms with van der Waals surface area (Å²) in [5, 5.41) is 2.94. The molecule has 0 bridgehead atoms. The number of carbonyl (C=O) groups is 1. The van der Waals surface area contributed by atoms with E-state index in [9.17, 15) is 9.18 Å². The first kappa shape index (κ1) is 19.3. The fourth-order valence-electron chi connectivity index (χ4n) is 3.07. The number of aromatic nitrogens is 1. The molecule has 1 aliphatic rings. The zero-order valence-corrected chi connectivity index (χ0v) is 16.8. The molecule has 0 spiro atoms. The van der Waals surface area contributed by atoms with Crippen LogP contribution in [0.25, 0.3) is 0 Å². The Bertz CT molecular complexity index is 1080. The first-order chi connectivity index (χ1) is 14.2. The van der Waals surface area contributed by atoms with Gasteiger partial charge in [-0.25, -0.2) is 9.38 Å². The first-order valence-corrected chi connectivity index (χ1v) is 10.4. The van der Waals surface area contributed by atoms with Crippen molar-refractivity contribution in [2.45, 2.75) is 29.6 Å². The van der Waals surface area contributed by atoms with Gasteiger partial charge in [0.1, 0.15) is 5.82 Å². The summed E-state index contributed by atoms with van der Waals surface area (Å²) in [6, 6.07) is 16.5. The molecule has 6 heteroatoms. The summed E-state index contributed by atoms with van der Waals surface area (Å²) in [5.41, 5.74) is 3.46. The Hall–Kier alpha value is -2.99. The highest BCUT2D eigenvalue weighted by atomic mass is 32.2. The molecule has 0 fully saturated rings. The van der Waals surface area contributed by atoms with Crippen LogP contribution in [-0.4, -0.2) is 23.1 Å². The second kappa shape index (κ2) is 8.57. The molecular weight excluding hydrogens is 385 g/mol. The highest BCUT2D eigenvalue weighted by molar-refractivity contribution is 7.99. The number of halogens is 1. The summed E-state index contributed by atoms with van der Waals surface area (Å²) in [6.07, 6.45) is 3.16. The van der Waals surface area contributed by atoms with Crippen molar-refractivity contribution in [2.24, 2.45) is 4.99 Å². The number of hydrogen-bond donors (Lipinski definition) is 1. The number of carbonyl (C=O) groups excluding carboxylic acids is 1. The van der Waals surface area contributed by atoms with Gasteiger partial charge in [-0.1, -0.05) is 43.3 Å². The minimum absolute atomic E-state index is 0.107. The predicted octanol–water partition coefficient (Wildman–Crippen LogP) is 5.38. The van der Waals surface area contributed by atoms with Gasteiger partial charge in [-0.2, -0.15) is 0 Å². The first-order valence-electron chi connectivity index (χ1n) is 9.56. The van der Waals surface area contributed by atoms with Crippen molar-refractivity contribution in [3.8, 4) is 0 Å². The van der Waals surface area contributed by atoms with Crippen molar-refractivity contribution in [2.75, 3.05) is 6.54 Å². The lowest BCUT2D eigenvalue weighted by Gasteiger charge is -2.08. The summed E-state index contributed by atoms with van der Waals surface area (Å²) in [5.74, 6) is -0.498. The van der Waals surface area contributed by atoms with E-state index in [1.165, 1.54) is 12.3 Å². The van der Waals surface area contributed by atoms with Crippen molar-refractivity contribution < 1.29 is 9.18 Å². The van der Waals surface area contributed by atoms with Crippen molar-refractivity contribution in [3.05, 3.63) is 83.4 Å². The smallest absolute Gasteiger partial charge is 0.251 e. The number of aliphatic imine (C=N–C) groups is 1. The highest BCUT2D eigenvalue weighted by Gasteiger charge is 2.20. The third-order valence-electron chi connectivity index (χ3n) is 4.60. The van der Waals surface area contributed by atoms with Gasteiger partial charge in [-0.3, -0.25) is 9.78 Å². The van der Waals surface area contributed by atoms with Crippen LogP contribution in [0, 0.1) is 5.82 Å². The molecule has 29 heavy (non-hydrogen) atoms. The number of unbranched alkanes of at least 4 members (excludes halogenated alkanes) is 1. The monoisotopic (exact) mass is 405 g/mol.